The first kappa shape index (κ1) is 18.3. The van der Waals surface area contributed by atoms with Gasteiger partial charge in [0, 0.05) is 19.0 Å². The monoisotopic (exact) mass is 374 g/mol. The molecule has 0 fully saturated rings. The number of hydrogen-bond donors (Lipinski definition) is 2. The molecule has 1 atom stereocenters. The fourth-order valence-electron chi connectivity index (χ4n) is 1.33. The number of aliphatic hydroxyl groups excluding tert-OH is 1. The molecule has 0 spiro atoms. The zero-order valence-corrected chi connectivity index (χ0v) is 14.1. The van der Waals surface area contributed by atoms with Crippen LogP contribution < -0.4 is 5.32 Å². The minimum Gasteiger partial charge on any atom is -0.369 e. The first-order chi connectivity index (χ1) is 9.43. The molecule has 2 amide bonds. The molecule has 0 aliphatic heterocycles. The van der Waals surface area contributed by atoms with Crippen LogP contribution in [-0.2, 0) is 9.84 Å². The van der Waals surface area contributed by atoms with Gasteiger partial charge in [0.1, 0.15) is 0 Å². The van der Waals surface area contributed by atoms with E-state index in [1.54, 1.807) is 0 Å². The Morgan fingerprint density at radius 2 is 1.76 bits per heavy atom. The van der Waals surface area contributed by atoms with Crippen molar-refractivity contribution < 1.29 is 18.3 Å². The third kappa shape index (κ3) is 5.19. The molecule has 0 saturated heterocycles. The lowest BCUT2D eigenvalue weighted by Gasteiger charge is -2.28. The lowest BCUT2D eigenvalue weighted by Crippen LogP contribution is -2.46. The molecular formula is C11H13Cl3N2O4S. The number of urea groups is 1. The number of nitrogens with one attached hydrogen (secondary N) is 1. The van der Waals surface area contributed by atoms with Crippen LogP contribution in [0.15, 0.2) is 29.2 Å². The van der Waals surface area contributed by atoms with Crippen LogP contribution in [0.25, 0.3) is 0 Å². The Labute approximate surface area is 137 Å². The quantitative estimate of drug-likeness (QED) is 0.626. The van der Waals surface area contributed by atoms with Gasteiger partial charge >= 0.3 is 6.03 Å². The number of halogens is 3. The van der Waals surface area contributed by atoms with Crippen molar-refractivity contribution in [2.24, 2.45) is 0 Å². The number of alkyl halides is 3. The van der Waals surface area contributed by atoms with Crippen LogP contribution in [-0.4, -0.2) is 47.8 Å². The molecule has 1 aromatic carbocycles. The number of rotatable bonds is 3. The third-order valence-electron chi connectivity index (χ3n) is 2.51. The summed E-state index contributed by atoms with van der Waals surface area (Å²) >= 11 is 16.5. The molecule has 0 aromatic heterocycles. The molecule has 2 N–H and O–H groups in total. The van der Waals surface area contributed by atoms with E-state index in [-0.39, 0.29) is 4.90 Å². The minimum absolute atomic E-state index is 0.121. The Bertz CT molecular complexity index is 613. The first-order valence-corrected chi connectivity index (χ1v) is 8.54. The average molecular weight is 376 g/mol. The molecule has 0 aliphatic rings. The number of nitrogens with zero attached hydrogens (tertiary/aromatic N) is 1. The van der Waals surface area contributed by atoms with Gasteiger partial charge in [0.15, 0.2) is 16.1 Å². The average Bonchev–Trinajstić information content (AvgIpc) is 2.35. The molecule has 0 bridgehead atoms. The Morgan fingerprint density at radius 1 is 1.29 bits per heavy atom. The second-order valence-electron chi connectivity index (χ2n) is 4.25. The summed E-state index contributed by atoms with van der Waals surface area (Å²) in [5.74, 6) is 0. The highest BCUT2D eigenvalue weighted by atomic mass is 35.6. The number of anilines is 1. The number of carbonyl (C=O) groups excluding carboxylic acids is 1. The molecule has 6 nitrogen and oxygen atoms in total. The van der Waals surface area contributed by atoms with Crippen LogP contribution in [0.2, 0.25) is 0 Å². The van der Waals surface area contributed by atoms with E-state index in [0.717, 1.165) is 11.2 Å². The highest BCUT2D eigenvalue weighted by Gasteiger charge is 2.36. The lowest BCUT2D eigenvalue weighted by molar-refractivity contribution is 0.0547. The second kappa shape index (κ2) is 6.58. The molecule has 0 aliphatic carbocycles. The Morgan fingerprint density at radius 3 is 2.14 bits per heavy atom. The smallest absolute Gasteiger partial charge is 0.323 e. The SMILES string of the molecule is CN(C(=O)Nc1ccc(S(C)(=O)=O)cc1)C(O)C(Cl)(Cl)Cl. The van der Waals surface area contributed by atoms with Crippen molar-refractivity contribution in [3.63, 3.8) is 0 Å². The van der Waals surface area contributed by atoms with Gasteiger partial charge in [-0.05, 0) is 24.3 Å². The van der Waals surface area contributed by atoms with Crippen molar-refractivity contribution in [1.82, 2.24) is 4.90 Å². The van der Waals surface area contributed by atoms with Crippen LogP contribution in [0.3, 0.4) is 0 Å². The van der Waals surface area contributed by atoms with Crippen molar-refractivity contribution in [2.45, 2.75) is 14.9 Å². The Balaban J connectivity index is 2.80. The summed E-state index contributed by atoms with van der Waals surface area (Å²) < 4.78 is 20.6. The maximum atomic E-state index is 11.8. The maximum absolute atomic E-state index is 11.8. The van der Waals surface area contributed by atoms with E-state index in [9.17, 15) is 18.3 Å². The van der Waals surface area contributed by atoms with Crippen molar-refractivity contribution in [2.75, 3.05) is 18.6 Å². The molecule has 118 valence electrons. The van der Waals surface area contributed by atoms with Crippen LogP contribution in [0.4, 0.5) is 10.5 Å². The molecule has 0 saturated carbocycles. The highest BCUT2D eigenvalue weighted by Crippen LogP contribution is 2.31. The Kier molecular flexibility index (Phi) is 5.74. The van der Waals surface area contributed by atoms with E-state index in [1.807, 2.05) is 0 Å². The largest absolute Gasteiger partial charge is 0.369 e. The van der Waals surface area contributed by atoms with E-state index in [4.69, 9.17) is 34.8 Å². The van der Waals surface area contributed by atoms with Gasteiger partial charge in [-0.2, -0.15) is 0 Å². The van der Waals surface area contributed by atoms with Gasteiger partial charge in [-0.3, -0.25) is 4.90 Å². The van der Waals surface area contributed by atoms with Crippen molar-refractivity contribution in [1.29, 1.82) is 0 Å². The van der Waals surface area contributed by atoms with Gasteiger partial charge in [-0.25, -0.2) is 13.2 Å². The molecule has 1 unspecified atom stereocenters. The van der Waals surface area contributed by atoms with E-state index in [0.29, 0.717) is 5.69 Å². The number of carbonyl (C=O) groups is 1. The van der Waals surface area contributed by atoms with E-state index >= 15 is 0 Å². The van der Waals surface area contributed by atoms with Crippen molar-refractivity contribution >= 4 is 56.4 Å². The number of sulfone groups is 1. The zero-order valence-electron chi connectivity index (χ0n) is 11.0. The fraction of sp³-hybridized carbons (Fsp3) is 0.364. The van der Waals surface area contributed by atoms with Crippen LogP contribution in [0.5, 0.6) is 0 Å². The standard InChI is InChI=1S/C11H13Cl3N2O4S/c1-16(9(17)11(12,13)14)10(18)15-7-3-5-8(6-4-7)21(2,19)20/h3-6,9,17H,1-2H3,(H,15,18). The molecule has 10 heteroatoms. The van der Waals surface area contributed by atoms with Gasteiger partial charge in [-0.1, -0.05) is 34.8 Å². The number of hydrogen-bond acceptors (Lipinski definition) is 4. The second-order valence-corrected chi connectivity index (χ2v) is 8.64. The minimum atomic E-state index is -3.31. The molecule has 0 heterocycles. The topological polar surface area (TPSA) is 86.7 Å². The number of amides is 2. The number of aliphatic hydroxyl groups is 1. The molecule has 0 radical (unpaired) electrons. The van der Waals surface area contributed by atoms with Gasteiger partial charge in [0.2, 0.25) is 3.79 Å². The number of benzene rings is 1. The molecule has 21 heavy (non-hydrogen) atoms. The third-order valence-corrected chi connectivity index (χ3v) is 4.23. The lowest BCUT2D eigenvalue weighted by atomic mass is 10.3. The summed E-state index contributed by atoms with van der Waals surface area (Å²) in [6.45, 7) is 0. The summed E-state index contributed by atoms with van der Waals surface area (Å²) in [4.78, 5) is 12.8. The van der Waals surface area contributed by atoms with E-state index in [1.165, 1.54) is 31.3 Å². The van der Waals surface area contributed by atoms with Gasteiger partial charge in [-0.15, -0.1) is 0 Å². The Hall–Kier alpha value is -0.730. The molecular weight excluding hydrogens is 363 g/mol. The van der Waals surface area contributed by atoms with Crippen LogP contribution >= 0.6 is 34.8 Å². The van der Waals surface area contributed by atoms with Gasteiger partial charge in [0.05, 0.1) is 4.90 Å². The van der Waals surface area contributed by atoms with Gasteiger partial charge < -0.3 is 10.4 Å². The van der Waals surface area contributed by atoms with Crippen LogP contribution in [0.1, 0.15) is 0 Å². The summed E-state index contributed by atoms with van der Waals surface area (Å²) in [6, 6.07) is 4.78. The predicted molar refractivity (Wildman–Crippen MR) is 82.6 cm³/mol. The summed E-state index contributed by atoms with van der Waals surface area (Å²) in [5.41, 5.74) is 0.329. The molecule has 1 aromatic rings. The zero-order chi connectivity index (χ0) is 16.4. The summed E-state index contributed by atoms with van der Waals surface area (Å²) in [6.07, 6.45) is -0.566. The predicted octanol–water partition coefficient (Wildman–Crippen LogP) is 2.24. The summed E-state index contributed by atoms with van der Waals surface area (Å²) in [5, 5.41) is 12.1. The van der Waals surface area contributed by atoms with Gasteiger partial charge in [0.25, 0.3) is 0 Å². The van der Waals surface area contributed by atoms with Crippen LogP contribution in [0, 0.1) is 0 Å². The van der Waals surface area contributed by atoms with E-state index in [2.05, 4.69) is 5.32 Å². The fourth-order valence-corrected chi connectivity index (χ4v) is 2.40. The highest BCUT2D eigenvalue weighted by molar-refractivity contribution is 7.90. The van der Waals surface area contributed by atoms with Crippen molar-refractivity contribution in [3.8, 4) is 0 Å². The van der Waals surface area contributed by atoms with Crippen molar-refractivity contribution in [3.05, 3.63) is 24.3 Å². The van der Waals surface area contributed by atoms with E-state index < -0.39 is 25.9 Å². The maximum Gasteiger partial charge on any atom is 0.323 e. The summed E-state index contributed by atoms with van der Waals surface area (Å²) in [7, 11) is -2.07. The normalized spacial score (nSPS) is 13.6. The first-order valence-electron chi connectivity index (χ1n) is 5.51. The molecule has 1 rings (SSSR count).